The van der Waals surface area contributed by atoms with Gasteiger partial charge >= 0.3 is 5.97 Å². The number of aromatic amines is 1. The molecule has 4 heteroatoms. The monoisotopic (exact) mass is 257 g/mol. The van der Waals surface area contributed by atoms with E-state index in [1.807, 2.05) is 30.3 Å². The lowest BCUT2D eigenvalue weighted by atomic mass is 10.2. The van der Waals surface area contributed by atoms with Gasteiger partial charge in [-0.25, -0.2) is 4.79 Å². The van der Waals surface area contributed by atoms with Crippen LogP contribution in [0.1, 0.15) is 39.8 Å². The van der Waals surface area contributed by atoms with Crippen LogP contribution in [0.5, 0.6) is 0 Å². The molecule has 1 heterocycles. The molecule has 0 radical (unpaired) electrons. The first-order chi connectivity index (χ1) is 9.24. The van der Waals surface area contributed by atoms with Gasteiger partial charge in [0.1, 0.15) is 5.69 Å². The summed E-state index contributed by atoms with van der Waals surface area (Å²) in [6.07, 6.45) is 1.76. The van der Waals surface area contributed by atoms with Crippen molar-refractivity contribution in [2.45, 2.75) is 25.6 Å². The normalized spacial score (nSPS) is 17.4. The van der Waals surface area contributed by atoms with Crippen LogP contribution in [0, 0.1) is 0 Å². The van der Waals surface area contributed by atoms with Gasteiger partial charge in [0.2, 0.25) is 0 Å². The van der Waals surface area contributed by atoms with Crippen molar-refractivity contribution in [2.75, 3.05) is 0 Å². The van der Waals surface area contributed by atoms with Crippen LogP contribution >= 0.6 is 0 Å². The minimum absolute atomic E-state index is 0.000411. The fraction of sp³-hybridized carbons (Fsp3) is 0.267. The second-order valence-corrected chi connectivity index (χ2v) is 4.75. The van der Waals surface area contributed by atoms with E-state index in [0.717, 1.165) is 29.7 Å². The maximum absolute atomic E-state index is 10.9. The smallest absolute Gasteiger partial charge is 0.352 e. The number of ether oxygens (including phenoxy) is 1. The minimum Gasteiger partial charge on any atom is -0.477 e. The summed E-state index contributed by atoms with van der Waals surface area (Å²) in [7, 11) is 0. The van der Waals surface area contributed by atoms with E-state index >= 15 is 0 Å². The van der Waals surface area contributed by atoms with Crippen LogP contribution in [0.4, 0.5) is 0 Å². The fourth-order valence-corrected chi connectivity index (χ4v) is 2.50. The number of hydrogen-bond donors (Lipinski definition) is 2. The van der Waals surface area contributed by atoms with Crippen molar-refractivity contribution in [1.82, 2.24) is 4.98 Å². The highest BCUT2D eigenvalue weighted by Crippen LogP contribution is 2.35. The van der Waals surface area contributed by atoms with E-state index in [-0.39, 0.29) is 11.8 Å². The summed E-state index contributed by atoms with van der Waals surface area (Å²) in [6, 6.07) is 11.7. The molecule has 2 N–H and O–H groups in total. The first-order valence-corrected chi connectivity index (χ1v) is 6.34. The van der Waals surface area contributed by atoms with Crippen molar-refractivity contribution in [1.29, 1.82) is 0 Å². The largest absolute Gasteiger partial charge is 0.477 e. The molecule has 1 aromatic carbocycles. The number of rotatable bonds is 4. The lowest BCUT2D eigenvalue weighted by Crippen LogP contribution is -2.01. The molecule has 1 atom stereocenters. The third-order valence-corrected chi connectivity index (χ3v) is 3.46. The summed E-state index contributed by atoms with van der Waals surface area (Å²) in [6.45, 7) is 0.554. The van der Waals surface area contributed by atoms with Gasteiger partial charge in [0.05, 0.1) is 12.7 Å². The first kappa shape index (κ1) is 12.0. The number of carbonyl (C=O) groups is 1. The molecule has 0 spiro atoms. The molecule has 1 aliphatic rings. The predicted octanol–water partition coefficient (Wildman–Crippen LogP) is 2.92. The van der Waals surface area contributed by atoms with Crippen LogP contribution < -0.4 is 0 Å². The van der Waals surface area contributed by atoms with Crippen LogP contribution in [0.3, 0.4) is 0 Å². The van der Waals surface area contributed by atoms with E-state index in [4.69, 9.17) is 9.84 Å². The van der Waals surface area contributed by atoms with Gasteiger partial charge in [-0.3, -0.25) is 0 Å². The van der Waals surface area contributed by atoms with Crippen LogP contribution in [0.15, 0.2) is 36.4 Å². The Labute approximate surface area is 111 Å². The predicted molar refractivity (Wildman–Crippen MR) is 70.0 cm³/mol. The topological polar surface area (TPSA) is 62.3 Å². The molecule has 0 saturated heterocycles. The van der Waals surface area contributed by atoms with Gasteiger partial charge in [-0.1, -0.05) is 30.3 Å². The highest BCUT2D eigenvalue weighted by molar-refractivity contribution is 5.86. The van der Waals surface area contributed by atoms with Gasteiger partial charge in [0.25, 0.3) is 0 Å². The summed E-state index contributed by atoms with van der Waals surface area (Å²) < 4.78 is 5.90. The summed E-state index contributed by atoms with van der Waals surface area (Å²) in [5, 5.41) is 8.96. The number of aromatic nitrogens is 1. The molecule has 1 aromatic heterocycles. The lowest BCUT2D eigenvalue weighted by Gasteiger charge is -2.11. The third kappa shape index (κ3) is 2.39. The Bertz CT molecular complexity index is 589. The Morgan fingerprint density at radius 1 is 1.37 bits per heavy atom. The van der Waals surface area contributed by atoms with Crippen molar-refractivity contribution >= 4 is 5.97 Å². The van der Waals surface area contributed by atoms with Crippen molar-refractivity contribution in [3.63, 3.8) is 0 Å². The summed E-state index contributed by atoms with van der Waals surface area (Å²) in [4.78, 5) is 13.9. The zero-order chi connectivity index (χ0) is 13.2. The Morgan fingerprint density at radius 2 is 2.16 bits per heavy atom. The van der Waals surface area contributed by atoms with Crippen molar-refractivity contribution in [2.24, 2.45) is 0 Å². The molecule has 0 bridgehead atoms. The van der Waals surface area contributed by atoms with Gasteiger partial charge in [-0.15, -0.1) is 0 Å². The van der Waals surface area contributed by atoms with Crippen LogP contribution in [0.25, 0.3) is 0 Å². The fourth-order valence-electron chi connectivity index (χ4n) is 2.50. The van der Waals surface area contributed by atoms with E-state index in [2.05, 4.69) is 4.98 Å². The highest BCUT2D eigenvalue weighted by atomic mass is 16.5. The molecule has 0 unspecified atom stereocenters. The molecule has 2 aromatic rings. The van der Waals surface area contributed by atoms with Gasteiger partial charge in [0, 0.05) is 11.3 Å². The summed E-state index contributed by atoms with van der Waals surface area (Å²) in [5.74, 6) is -0.920. The lowest BCUT2D eigenvalue weighted by molar-refractivity contribution is 0.0410. The molecule has 4 nitrogen and oxygen atoms in total. The maximum Gasteiger partial charge on any atom is 0.352 e. The number of benzene rings is 1. The number of carboxylic acids is 1. The SMILES string of the molecule is O=C(O)c1cc2c([nH]1)CC[C@@H]2OCc1ccccc1. The average Bonchev–Trinajstić information content (AvgIpc) is 2.98. The molecular formula is C15H15NO3. The summed E-state index contributed by atoms with van der Waals surface area (Å²) >= 11 is 0. The second kappa shape index (κ2) is 4.90. The van der Waals surface area contributed by atoms with Crippen LogP contribution in [0.2, 0.25) is 0 Å². The highest BCUT2D eigenvalue weighted by Gasteiger charge is 2.26. The van der Waals surface area contributed by atoms with Crippen molar-refractivity contribution < 1.29 is 14.6 Å². The number of nitrogens with one attached hydrogen (secondary N) is 1. The molecule has 0 saturated carbocycles. The number of H-pyrrole nitrogens is 1. The van der Waals surface area contributed by atoms with E-state index in [0.29, 0.717) is 6.61 Å². The standard InChI is InChI=1S/C15H15NO3/c17-15(18)13-8-11-12(16-13)6-7-14(11)19-9-10-4-2-1-3-5-10/h1-5,8,14,16H,6-7,9H2,(H,17,18)/t14-/m0/s1. The maximum atomic E-state index is 10.9. The van der Waals surface area contributed by atoms with Gasteiger partial charge in [-0.05, 0) is 24.5 Å². The average molecular weight is 257 g/mol. The first-order valence-electron chi connectivity index (χ1n) is 6.34. The van der Waals surface area contributed by atoms with Gasteiger partial charge < -0.3 is 14.8 Å². The van der Waals surface area contributed by atoms with Crippen LogP contribution in [-0.4, -0.2) is 16.1 Å². The van der Waals surface area contributed by atoms with Gasteiger partial charge in [-0.2, -0.15) is 0 Å². The molecule has 0 aliphatic heterocycles. The van der Waals surface area contributed by atoms with E-state index in [9.17, 15) is 4.79 Å². The van der Waals surface area contributed by atoms with Crippen molar-refractivity contribution in [3.8, 4) is 0 Å². The Kier molecular flexibility index (Phi) is 3.09. The minimum atomic E-state index is -0.920. The zero-order valence-corrected chi connectivity index (χ0v) is 10.4. The zero-order valence-electron chi connectivity index (χ0n) is 10.4. The van der Waals surface area contributed by atoms with E-state index in [1.54, 1.807) is 6.07 Å². The van der Waals surface area contributed by atoms with Crippen LogP contribution in [-0.2, 0) is 17.8 Å². The quantitative estimate of drug-likeness (QED) is 0.885. The van der Waals surface area contributed by atoms with Gasteiger partial charge in [0.15, 0.2) is 0 Å². The van der Waals surface area contributed by atoms with E-state index in [1.165, 1.54) is 0 Å². The number of hydrogen-bond acceptors (Lipinski definition) is 2. The number of carboxylic acid groups (broad SMARTS) is 1. The third-order valence-electron chi connectivity index (χ3n) is 3.46. The molecule has 98 valence electrons. The molecule has 0 amide bonds. The molecule has 19 heavy (non-hydrogen) atoms. The molecule has 3 rings (SSSR count). The Hall–Kier alpha value is -2.07. The summed E-state index contributed by atoms with van der Waals surface area (Å²) in [5.41, 5.74) is 3.37. The second-order valence-electron chi connectivity index (χ2n) is 4.75. The number of fused-ring (bicyclic) bond motifs is 1. The van der Waals surface area contributed by atoms with Crippen molar-refractivity contribution in [3.05, 3.63) is 58.9 Å². The number of aryl methyl sites for hydroxylation is 1. The Balaban J connectivity index is 1.70. The Morgan fingerprint density at radius 3 is 2.89 bits per heavy atom. The molecular weight excluding hydrogens is 242 g/mol. The molecule has 1 aliphatic carbocycles. The molecule has 0 fully saturated rings. The number of aromatic carboxylic acids is 1. The van der Waals surface area contributed by atoms with E-state index < -0.39 is 5.97 Å².